The van der Waals surface area contributed by atoms with Crippen LogP contribution in [0.1, 0.15) is 6.92 Å². The van der Waals surface area contributed by atoms with Crippen molar-refractivity contribution in [2.45, 2.75) is 16.7 Å². The molecule has 25 heavy (non-hydrogen) atoms. The van der Waals surface area contributed by atoms with Gasteiger partial charge in [0.2, 0.25) is 5.91 Å². The molecular formula is C19H19N3O2S. The molecule has 5 nitrogen and oxygen atoms in total. The number of carbonyl (C=O) groups excluding carboxylic acids is 2. The minimum atomic E-state index is -0.0246. The Morgan fingerprint density at radius 1 is 0.800 bits per heavy atom. The van der Waals surface area contributed by atoms with Crippen molar-refractivity contribution in [1.29, 1.82) is 0 Å². The first-order valence-corrected chi connectivity index (χ1v) is 9.17. The van der Waals surface area contributed by atoms with Crippen molar-refractivity contribution >= 4 is 35.1 Å². The summed E-state index contributed by atoms with van der Waals surface area (Å²) in [6.07, 6.45) is 0. The lowest BCUT2D eigenvalue weighted by atomic mass is 10.2. The Hall–Kier alpha value is -2.47. The molecule has 0 aromatic heterocycles. The molecule has 2 aliphatic rings. The van der Waals surface area contributed by atoms with Crippen LogP contribution < -0.4 is 4.90 Å². The number of urea groups is 1. The van der Waals surface area contributed by atoms with E-state index >= 15 is 0 Å². The Morgan fingerprint density at radius 3 is 1.80 bits per heavy atom. The van der Waals surface area contributed by atoms with Crippen molar-refractivity contribution in [3.05, 3.63) is 48.5 Å². The molecule has 0 spiro atoms. The van der Waals surface area contributed by atoms with Crippen molar-refractivity contribution in [2.24, 2.45) is 0 Å². The van der Waals surface area contributed by atoms with Crippen LogP contribution in [-0.4, -0.2) is 47.9 Å². The third-order valence-corrected chi connectivity index (χ3v) is 5.75. The van der Waals surface area contributed by atoms with Crippen LogP contribution in [0.3, 0.4) is 0 Å². The van der Waals surface area contributed by atoms with E-state index in [0.717, 1.165) is 21.2 Å². The van der Waals surface area contributed by atoms with E-state index in [4.69, 9.17) is 0 Å². The van der Waals surface area contributed by atoms with Gasteiger partial charge in [-0.1, -0.05) is 36.0 Å². The summed E-state index contributed by atoms with van der Waals surface area (Å²) < 4.78 is 0. The first kappa shape index (κ1) is 16.0. The Labute approximate surface area is 151 Å². The Kier molecular flexibility index (Phi) is 4.13. The Morgan fingerprint density at radius 2 is 1.28 bits per heavy atom. The fourth-order valence-corrected chi connectivity index (χ4v) is 4.32. The van der Waals surface area contributed by atoms with E-state index in [0.29, 0.717) is 26.2 Å². The Bertz CT molecular complexity index is 785. The standard InChI is InChI=1S/C19H19N3O2S/c1-14(23)20-10-12-21(13-11-20)19(24)22-15-6-2-4-8-17(15)25-18-9-5-3-7-16(18)22/h2-9H,10-13H2,1H3. The maximum Gasteiger partial charge on any atom is 0.329 e. The molecule has 2 aromatic carbocycles. The molecule has 2 aromatic rings. The molecular weight excluding hydrogens is 334 g/mol. The molecule has 3 amide bonds. The number of benzene rings is 2. The first-order chi connectivity index (χ1) is 12.1. The van der Waals surface area contributed by atoms with Crippen LogP contribution in [0.2, 0.25) is 0 Å². The van der Waals surface area contributed by atoms with Crippen LogP contribution in [0.5, 0.6) is 0 Å². The van der Waals surface area contributed by atoms with Gasteiger partial charge in [-0.3, -0.25) is 9.69 Å². The highest BCUT2D eigenvalue weighted by Gasteiger charge is 2.32. The quantitative estimate of drug-likeness (QED) is 0.727. The van der Waals surface area contributed by atoms with Gasteiger partial charge in [-0.25, -0.2) is 4.79 Å². The third-order valence-electron chi connectivity index (χ3n) is 4.62. The second-order valence-electron chi connectivity index (χ2n) is 6.15. The van der Waals surface area contributed by atoms with E-state index in [9.17, 15) is 9.59 Å². The smallest absolute Gasteiger partial charge is 0.329 e. The molecule has 0 N–H and O–H groups in total. The number of anilines is 2. The van der Waals surface area contributed by atoms with E-state index in [1.807, 2.05) is 58.3 Å². The predicted octanol–water partition coefficient (Wildman–Crippen LogP) is 3.57. The fraction of sp³-hybridized carbons (Fsp3) is 0.263. The number of hydrogen-bond donors (Lipinski definition) is 0. The third kappa shape index (κ3) is 2.87. The SMILES string of the molecule is CC(=O)N1CCN(C(=O)N2c3ccccc3Sc3ccccc32)CC1. The molecule has 0 atom stereocenters. The summed E-state index contributed by atoms with van der Waals surface area (Å²) >= 11 is 1.69. The number of para-hydroxylation sites is 2. The molecule has 0 unspecified atom stereocenters. The minimum Gasteiger partial charge on any atom is -0.339 e. The van der Waals surface area contributed by atoms with Gasteiger partial charge >= 0.3 is 6.03 Å². The molecule has 128 valence electrons. The van der Waals surface area contributed by atoms with Gasteiger partial charge in [-0.05, 0) is 24.3 Å². The molecule has 4 rings (SSSR count). The summed E-state index contributed by atoms with van der Waals surface area (Å²) in [6, 6.07) is 16.0. The average molecular weight is 353 g/mol. The molecule has 0 saturated carbocycles. The molecule has 0 radical (unpaired) electrons. The van der Waals surface area contributed by atoms with E-state index in [1.54, 1.807) is 23.6 Å². The molecule has 1 saturated heterocycles. The van der Waals surface area contributed by atoms with E-state index < -0.39 is 0 Å². The van der Waals surface area contributed by atoms with Gasteiger partial charge in [0.15, 0.2) is 0 Å². The highest BCUT2D eigenvalue weighted by molar-refractivity contribution is 7.99. The molecule has 2 heterocycles. The number of fused-ring (bicyclic) bond motifs is 2. The normalized spacial score (nSPS) is 16.3. The maximum absolute atomic E-state index is 13.3. The zero-order valence-corrected chi connectivity index (χ0v) is 14.8. The summed E-state index contributed by atoms with van der Waals surface area (Å²) in [5.41, 5.74) is 1.84. The average Bonchev–Trinajstić information content (AvgIpc) is 2.65. The second-order valence-corrected chi connectivity index (χ2v) is 7.23. The number of amides is 3. The lowest BCUT2D eigenvalue weighted by molar-refractivity contribution is -0.130. The molecule has 6 heteroatoms. The summed E-state index contributed by atoms with van der Waals surface area (Å²) in [6.45, 7) is 3.88. The first-order valence-electron chi connectivity index (χ1n) is 8.35. The number of piperazine rings is 1. The van der Waals surface area contributed by atoms with Gasteiger partial charge in [-0.15, -0.1) is 0 Å². The van der Waals surface area contributed by atoms with Gasteiger partial charge in [0.1, 0.15) is 0 Å². The number of hydrogen-bond acceptors (Lipinski definition) is 3. The van der Waals surface area contributed by atoms with Gasteiger partial charge in [0, 0.05) is 42.9 Å². The van der Waals surface area contributed by atoms with Crippen molar-refractivity contribution in [3.63, 3.8) is 0 Å². The van der Waals surface area contributed by atoms with Crippen LogP contribution in [0.15, 0.2) is 58.3 Å². The maximum atomic E-state index is 13.3. The predicted molar refractivity (Wildman–Crippen MR) is 98.4 cm³/mol. The van der Waals surface area contributed by atoms with Crippen molar-refractivity contribution in [3.8, 4) is 0 Å². The number of nitrogens with zero attached hydrogens (tertiary/aromatic N) is 3. The molecule has 1 fully saturated rings. The van der Waals surface area contributed by atoms with E-state index in [-0.39, 0.29) is 11.9 Å². The fourth-order valence-electron chi connectivity index (χ4n) is 3.26. The largest absolute Gasteiger partial charge is 0.339 e. The Balaban J connectivity index is 1.66. The van der Waals surface area contributed by atoms with E-state index in [1.165, 1.54) is 0 Å². The summed E-state index contributed by atoms with van der Waals surface area (Å²) in [7, 11) is 0. The molecule has 0 aliphatic carbocycles. The van der Waals surface area contributed by atoms with Crippen LogP contribution in [0, 0.1) is 0 Å². The number of carbonyl (C=O) groups is 2. The second kappa shape index (κ2) is 6.44. The highest BCUT2D eigenvalue weighted by Crippen LogP contribution is 2.48. The van der Waals surface area contributed by atoms with Gasteiger partial charge < -0.3 is 9.80 Å². The van der Waals surface area contributed by atoms with Crippen LogP contribution in [0.4, 0.5) is 16.2 Å². The topological polar surface area (TPSA) is 43.9 Å². The summed E-state index contributed by atoms with van der Waals surface area (Å²) in [4.78, 5) is 32.4. The van der Waals surface area contributed by atoms with E-state index in [2.05, 4.69) is 0 Å². The van der Waals surface area contributed by atoms with Gasteiger partial charge in [0.25, 0.3) is 0 Å². The number of rotatable bonds is 0. The summed E-state index contributed by atoms with van der Waals surface area (Å²) in [5.74, 6) is 0.0668. The van der Waals surface area contributed by atoms with Crippen LogP contribution in [0.25, 0.3) is 0 Å². The highest BCUT2D eigenvalue weighted by atomic mass is 32.2. The molecule has 0 bridgehead atoms. The van der Waals surface area contributed by atoms with Crippen molar-refractivity contribution in [1.82, 2.24) is 9.80 Å². The zero-order chi connectivity index (χ0) is 17.4. The van der Waals surface area contributed by atoms with Crippen molar-refractivity contribution in [2.75, 3.05) is 31.1 Å². The van der Waals surface area contributed by atoms with Crippen LogP contribution in [-0.2, 0) is 4.79 Å². The lowest BCUT2D eigenvalue weighted by Gasteiger charge is -2.39. The lowest BCUT2D eigenvalue weighted by Crippen LogP contribution is -2.53. The minimum absolute atomic E-state index is 0.0246. The van der Waals surface area contributed by atoms with Gasteiger partial charge in [0.05, 0.1) is 11.4 Å². The summed E-state index contributed by atoms with van der Waals surface area (Å²) in [5, 5.41) is 0. The monoisotopic (exact) mass is 353 g/mol. The van der Waals surface area contributed by atoms with Crippen molar-refractivity contribution < 1.29 is 9.59 Å². The van der Waals surface area contributed by atoms with Crippen LogP contribution >= 0.6 is 11.8 Å². The van der Waals surface area contributed by atoms with Gasteiger partial charge in [-0.2, -0.15) is 0 Å². The zero-order valence-electron chi connectivity index (χ0n) is 14.0. The molecule has 2 aliphatic heterocycles.